The number of carbonyl (C=O) groups excluding carboxylic acids is 2. The van der Waals surface area contributed by atoms with Crippen molar-refractivity contribution in [2.45, 2.75) is 32.1 Å². The van der Waals surface area contributed by atoms with Crippen LogP contribution >= 0.6 is 0 Å². The molecule has 0 spiro atoms. The molecule has 0 unspecified atom stereocenters. The minimum atomic E-state index is -3.64. The predicted molar refractivity (Wildman–Crippen MR) is 99.2 cm³/mol. The molecular formula is C18H27N3O4S. The molecule has 1 saturated heterocycles. The molecule has 1 heterocycles. The first-order valence-corrected chi connectivity index (χ1v) is 10.3. The van der Waals surface area contributed by atoms with Crippen molar-refractivity contribution in [3.8, 4) is 0 Å². The minimum Gasteiger partial charge on any atom is -0.339 e. The highest BCUT2D eigenvalue weighted by Crippen LogP contribution is 2.15. The monoisotopic (exact) mass is 381 g/mol. The third-order valence-corrected chi connectivity index (χ3v) is 5.88. The summed E-state index contributed by atoms with van der Waals surface area (Å²) in [7, 11) is -3.64. The summed E-state index contributed by atoms with van der Waals surface area (Å²) in [5, 5.41) is 0. The van der Waals surface area contributed by atoms with Gasteiger partial charge in [0.15, 0.2) is 0 Å². The Hall–Kier alpha value is -1.93. The number of benzene rings is 1. The van der Waals surface area contributed by atoms with Gasteiger partial charge in [-0.2, -0.15) is 0 Å². The Labute approximate surface area is 155 Å². The molecule has 1 aromatic carbocycles. The van der Waals surface area contributed by atoms with Crippen LogP contribution < -0.4 is 4.72 Å². The zero-order valence-corrected chi connectivity index (χ0v) is 16.4. The highest BCUT2D eigenvalue weighted by Gasteiger charge is 2.24. The second-order valence-electron chi connectivity index (χ2n) is 6.91. The molecule has 0 aliphatic carbocycles. The van der Waals surface area contributed by atoms with Crippen molar-refractivity contribution in [3.05, 3.63) is 29.8 Å². The summed E-state index contributed by atoms with van der Waals surface area (Å²) in [4.78, 5) is 27.5. The molecule has 1 aromatic rings. The van der Waals surface area contributed by atoms with Gasteiger partial charge >= 0.3 is 0 Å². The van der Waals surface area contributed by atoms with E-state index in [1.165, 1.54) is 19.1 Å². The largest absolute Gasteiger partial charge is 0.339 e. The molecule has 1 aliphatic heterocycles. The van der Waals surface area contributed by atoms with Gasteiger partial charge < -0.3 is 9.80 Å². The van der Waals surface area contributed by atoms with Crippen LogP contribution in [-0.4, -0.2) is 62.8 Å². The van der Waals surface area contributed by atoms with Gasteiger partial charge in [-0.3, -0.25) is 9.59 Å². The summed E-state index contributed by atoms with van der Waals surface area (Å²) in [5.74, 6) is 0.185. The molecule has 0 saturated carbocycles. The van der Waals surface area contributed by atoms with Gasteiger partial charge in [0.25, 0.3) is 5.91 Å². The first kappa shape index (κ1) is 20.4. The number of piperazine rings is 1. The van der Waals surface area contributed by atoms with Crippen molar-refractivity contribution in [3.63, 3.8) is 0 Å². The normalized spacial score (nSPS) is 15.4. The number of rotatable bonds is 6. The van der Waals surface area contributed by atoms with Crippen LogP contribution in [-0.2, 0) is 14.8 Å². The van der Waals surface area contributed by atoms with Crippen LogP contribution in [0.2, 0.25) is 0 Å². The summed E-state index contributed by atoms with van der Waals surface area (Å²) >= 11 is 0. The van der Waals surface area contributed by atoms with E-state index >= 15 is 0 Å². The zero-order valence-electron chi connectivity index (χ0n) is 15.6. The van der Waals surface area contributed by atoms with Crippen molar-refractivity contribution in [2.24, 2.45) is 5.92 Å². The fourth-order valence-corrected chi connectivity index (χ4v) is 3.86. The highest BCUT2D eigenvalue weighted by atomic mass is 32.2. The number of hydrogen-bond acceptors (Lipinski definition) is 4. The average Bonchev–Trinajstić information content (AvgIpc) is 2.61. The van der Waals surface area contributed by atoms with Gasteiger partial charge in [-0.15, -0.1) is 0 Å². The maximum Gasteiger partial charge on any atom is 0.254 e. The average molecular weight is 381 g/mol. The van der Waals surface area contributed by atoms with E-state index in [2.05, 4.69) is 4.72 Å². The van der Waals surface area contributed by atoms with Gasteiger partial charge in [0, 0.05) is 45.2 Å². The van der Waals surface area contributed by atoms with Crippen LogP contribution in [0.5, 0.6) is 0 Å². The number of hydrogen-bond donors (Lipinski definition) is 1. The molecule has 2 rings (SSSR count). The van der Waals surface area contributed by atoms with Crippen LogP contribution in [0.4, 0.5) is 0 Å². The van der Waals surface area contributed by atoms with Gasteiger partial charge in [-0.25, -0.2) is 13.1 Å². The fraction of sp³-hybridized carbons (Fsp3) is 0.556. The van der Waals surface area contributed by atoms with Gasteiger partial charge in [-0.05, 0) is 30.5 Å². The van der Waals surface area contributed by atoms with Crippen LogP contribution in [0.3, 0.4) is 0 Å². The molecule has 0 aromatic heterocycles. The van der Waals surface area contributed by atoms with Crippen molar-refractivity contribution < 1.29 is 18.0 Å². The molecule has 1 fully saturated rings. The lowest BCUT2D eigenvalue weighted by Crippen LogP contribution is -2.50. The second kappa shape index (κ2) is 8.64. The molecule has 0 radical (unpaired) electrons. The molecule has 1 N–H and O–H groups in total. The summed E-state index contributed by atoms with van der Waals surface area (Å²) in [5.41, 5.74) is 0.341. The van der Waals surface area contributed by atoms with Crippen molar-refractivity contribution >= 4 is 21.8 Å². The fourth-order valence-electron chi connectivity index (χ4n) is 2.77. The lowest BCUT2D eigenvalue weighted by atomic mass is 10.1. The molecule has 0 atom stereocenters. The summed E-state index contributed by atoms with van der Waals surface area (Å²) in [6.07, 6.45) is 0.748. The SMILES string of the molecule is CC(=O)N1CCN(C(=O)c2cccc(S(=O)(=O)NCCC(C)C)c2)CC1. The lowest BCUT2D eigenvalue weighted by molar-refractivity contribution is -0.130. The Morgan fingerprint density at radius 2 is 1.73 bits per heavy atom. The first-order chi connectivity index (χ1) is 12.2. The van der Waals surface area contributed by atoms with Gasteiger partial charge in [-0.1, -0.05) is 19.9 Å². The second-order valence-corrected chi connectivity index (χ2v) is 8.67. The Balaban J connectivity index is 2.06. The third-order valence-electron chi connectivity index (χ3n) is 4.42. The molecule has 7 nitrogen and oxygen atoms in total. The predicted octanol–water partition coefficient (Wildman–Crippen LogP) is 1.32. The minimum absolute atomic E-state index is 0.00217. The molecular weight excluding hydrogens is 354 g/mol. The van der Waals surface area contributed by atoms with Crippen LogP contribution in [0, 0.1) is 5.92 Å². The number of amides is 2. The maximum atomic E-state index is 12.7. The summed E-state index contributed by atoms with van der Waals surface area (Å²) < 4.78 is 27.4. The van der Waals surface area contributed by atoms with E-state index in [9.17, 15) is 18.0 Å². The van der Waals surface area contributed by atoms with Crippen molar-refractivity contribution in [2.75, 3.05) is 32.7 Å². The van der Waals surface area contributed by atoms with E-state index < -0.39 is 10.0 Å². The van der Waals surface area contributed by atoms with Crippen molar-refractivity contribution in [1.29, 1.82) is 0 Å². The lowest BCUT2D eigenvalue weighted by Gasteiger charge is -2.34. The van der Waals surface area contributed by atoms with E-state index in [-0.39, 0.29) is 16.7 Å². The van der Waals surface area contributed by atoms with E-state index in [0.717, 1.165) is 6.42 Å². The number of sulfonamides is 1. The molecule has 144 valence electrons. The Morgan fingerprint density at radius 1 is 1.12 bits per heavy atom. The first-order valence-electron chi connectivity index (χ1n) is 8.85. The van der Waals surface area contributed by atoms with Gasteiger partial charge in [0.05, 0.1) is 4.90 Å². The Bertz CT molecular complexity index is 753. The van der Waals surface area contributed by atoms with E-state index in [0.29, 0.717) is 44.2 Å². The van der Waals surface area contributed by atoms with E-state index in [4.69, 9.17) is 0 Å². The van der Waals surface area contributed by atoms with Crippen LogP contribution in [0.1, 0.15) is 37.6 Å². The zero-order chi connectivity index (χ0) is 19.3. The quantitative estimate of drug-likeness (QED) is 0.805. The van der Waals surface area contributed by atoms with Gasteiger partial charge in [0.2, 0.25) is 15.9 Å². The number of nitrogens with one attached hydrogen (secondary N) is 1. The van der Waals surface area contributed by atoms with E-state index in [1.54, 1.807) is 21.9 Å². The molecule has 2 amide bonds. The van der Waals surface area contributed by atoms with Crippen LogP contribution in [0.25, 0.3) is 0 Å². The standard InChI is InChI=1S/C18H27N3O4S/c1-14(2)7-8-19-26(24,25)17-6-4-5-16(13-17)18(23)21-11-9-20(10-12-21)15(3)22/h4-6,13-14,19H,7-12H2,1-3H3. The number of nitrogens with zero attached hydrogens (tertiary/aromatic N) is 2. The van der Waals surface area contributed by atoms with E-state index in [1.807, 2.05) is 13.8 Å². The number of carbonyl (C=O) groups is 2. The Morgan fingerprint density at radius 3 is 2.31 bits per heavy atom. The molecule has 1 aliphatic rings. The van der Waals surface area contributed by atoms with Crippen LogP contribution in [0.15, 0.2) is 29.2 Å². The van der Waals surface area contributed by atoms with Crippen molar-refractivity contribution in [1.82, 2.24) is 14.5 Å². The molecule has 8 heteroatoms. The molecule has 0 bridgehead atoms. The third kappa shape index (κ3) is 5.28. The Kier molecular flexibility index (Phi) is 6.77. The summed E-state index contributed by atoms with van der Waals surface area (Å²) in [6.45, 7) is 7.82. The summed E-state index contributed by atoms with van der Waals surface area (Å²) in [6, 6.07) is 6.10. The molecule has 26 heavy (non-hydrogen) atoms. The maximum absolute atomic E-state index is 12.7. The smallest absolute Gasteiger partial charge is 0.254 e. The van der Waals surface area contributed by atoms with Gasteiger partial charge in [0.1, 0.15) is 0 Å². The highest BCUT2D eigenvalue weighted by molar-refractivity contribution is 7.89. The topological polar surface area (TPSA) is 86.8 Å².